The second kappa shape index (κ2) is 7.62. The van der Waals surface area contributed by atoms with E-state index in [1.807, 2.05) is 11.3 Å². The molecule has 0 aliphatic carbocycles. The second-order valence-electron chi connectivity index (χ2n) is 5.39. The molecule has 114 valence electrons. The zero-order chi connectivity index (χ0) is 15.2. The first-order valence-corrected chi connectivity index (χ1v) is 8.59. The molecule has 0 spiro atoms. The molecule has 0 aliphatic rings. The van der Waals surface area contributed by atoms with E-state index in [0.717, 1.165) is 18.7 Å². The first kappa shape index (κ1) is 16.1. The first-order valence-electron chi connectivity index (χ1n) is 7.72. The SMILES string of the molecule is CCNC(c1ccc(OC(C)C)cc1)c1sccc1CC. The van der Waals surface area contributed by atoms with Crippen LogP contribution >= 0.6 is 11.3 Å². The number of thiophene rings is 1. The number of benzene rings is 1. The van der Waals surface area contributed by atoms with Crippen LogP contribution in [-0.4, -0.2) is 12.6 Å². The van der Waals surface area contributed by atoms with Crippen molar-refractivity contribution in [2.75, 3.05) is 6.54 Å². The maximum atomic E-state index is 5.73. The molecule has 0 amide bonds. The molecule has 0 fully saturated rings. The third-order valence-corrected chi connectivity index (χ3v) is 4.44. The molecule has 0 saturated heterocycles. The van der Waals surface area contributed by atoms with Gasteiger partial charge in [0.15, 0.2) is 0 Å². The van der Waals surface area contributed by atoms with Crippen molar-refractivity contribution in [1.82, 2.24) is 5.32 Å². The minimum absolute atomic E-state index is 0.212. The Hall–Kier alpha value is -1.32. The Bertz CT molecular complexity index is 545. The van der Waals surface area contributed by atoms with Crippen LogP contribution in [0.3, 0.4) is 0 Å². The normalized spacial score (nSPS) is 12.6. The smallest absolute Gasteiger partial charge is 0.119 e. The van der Waals surface area contributed by atoms with Crippen LogP contribution in [0.15, 0.2) is 35.7 Å². The Morgan fingerprint density at radius 1 is 1.10 bits per heavy atom. The molecule has 2 aromatic rings. The van der Waals surface area contributed by atoms with Crippen molar-refractivity contribution in [3.63, 3.8) is 0 Å². The van der Waals surface area contributed by atoms with Crippen LogP contribution in [0.1, 0.15) is 49.7 Å². The maximum Gasteiger partial charge on any atom is 0.119 e. The first-order chi connectivity index (χ1) is 10.2. The van der Waals surface area contributed by atoms with Crippen LogP contribution in [0.25, 0.3) is 0 Å². The van der Waals surface area contributed by atoms with Crippen molar-refractivity contribution in [3.05, 3.63) is 51.7 Å². The largest absolute Gasteiger partial charge is 0.491 e. The molecule has 1 aromatic carbocycles. The molecule has 1 unspecified atom stereocenters. The van der Waals surface area contributed by atoms with E-state index >= 15 is 0 Å². The number of ether oxygens (including phenoxy) is 1. The van der Waals surface area contributed by atoms with Gasteiger partial charge in [-0.05, 0) is 61.5 Å². The van der Waals surface area contributed by atoms with Gasteiger partial charge in [0, 0.05) is 4.88 Å². The summed E-state index contributed by atoms with van der Waals surface area (Å²) in [6.45, 7) is 9.43. The zero-order valence-electron chi connectivity index (χ0n) is 13.3. The summed E-state index contributed by atoms with van der Waals surface area (Å²) in [6.07, 6.45) is 1.29. The Morgan fingerprint density at radius 3 is 2.38 bits per heavy atom. The lowest BCUT2D eigenvalue weighted by atomic mass is 10.0. The van der Waals surface area contributed by atoms with Gasteiger partial charge in [-0.15, -0.1) is 11.3 Å². The molecule has 0 bridgehead atoms. The number of nitrogens with one attached hydrogen (secondary N) is 1. The third kappa shape index (κ3) is 4.08. The Kier molecular flexibility index (Phi) is 5.83. The van der Waals surface area contributed by atoms with Crippen LogP contribution in [0.4, 0.5) is 0 Å². The minimum Gasteiger partial charge on any atom is -0.491 e. The molecule has 1 N–H and O–H groups in total. The second-order valence-corrected chi connectivity index (χ2v) is 6.34. The van der Waals surface area contributed by atoms with Crippen molar-refractivity contribution in [1.29, 1.82) is 0 Å². The predicted octanol–water partition coefficient (Wildman–Crippen LogP) is 4.80. The van der Waals surface area contributed by atoms with Gasteiger partial charge in [-0.25, -0.2) is 0 Å². The van der Waals surface area contributed by atoms with Crippen LogP contribution in [0.2, 0.25) is 0 Å². The van der Waals surface area contributed by atoms with Crippen molar-refractivity contribution < 1.29 is 4.74 Å². The average Bonchev–Trinajstić information content (AvgIpc) is 2.93. The lowest BCUT2D eigenvalue weighted by Crippen LogP contribution is -2.22. The molecule has 1 atom stereocenters. The van der Waals surface area contributed by atoms with Gasteiger partial charge in [0.2, 0.25) is 0 Å². The molecule has 21 heavy (non-hydrogen) atoms. The van der Waals surface area contributed by atoms with E-state index in [9.17, 15) is 0 Å². The molecule has 0 saturated carbocycles. The molecule has 2 rings (SSSR count). The summed E-state index contributed by atoms with van der Waals surface area (Å²) in [5, 5.41) is 5.80. The van der Waals surface area contributed by atoms with E-state index in [0.29, 0.717) is 0 Å². The van der Waals surface area contributed by atoms with Crippen LogP contribution in [0, 0.1) is 0 Å². The molecule has 0 radical (unpaired) electrons. The van der Waals surface area contributed by atoms with Gasteiger partial charge in [-0.1, -0.05) is 26.0 Å². The fourth-order valence-electron chi connectivity index (χ4n) is 2.47. The predicted molar refractivity (Wildman–Crippen MR) is 91.4 cm³/mol. The zero-order valence-corrected chi connectivity index (χ0v) is 14.2. The van der Waals surface area contributed by atoms with E-state index in [1.54, 1.807) is 0 Å². The summed E-state index contributed by atoms with van der Waals surface area (Å²) in [6, 6.07) is 11.0. The summed E-state index contributed by atoms with van der Waals surface area (Å²) < 4.78 is 5.73. The quantitative estimate of drug-likeness (QED) is 0.793. The van der Waals surface area contributed by atoms with Gasteiger partial charge in [0.05, 0.1) is 12.1 Å². The molecule has 2 nitrogen and oxygen atoms in total. The lowest BCUT2D eigenvalue weighted by molar-refractivity contribution is 0.242. The number of aryl methyl sites for hydroxylation is 1. The Balaban J connectivity index is 2.26. The Morgan fingerprint density at radius 2 is 1.81 bits per heavy atom. The molecule has 1 aromatic heterocycles. The number of rotatable bonds is 7. The molecule has 3 heteroatoms. The van der Waals surface area contributed by atoms with Crippen molar-refractivity contribution in [3.8, 4) is 5.75 Å². The fourth-order valence-corrected chi connectivity index (χ4v) is 3.57. The highest BCUT2D eigenvalue weighted by molar-refractivity contribution is 7.10. The summed E-state index contributed by atoms with van der Waals surface area (Å²) in [7, 11) is 0. The van der Waals surface area contributed by atoms with E-state index < -0.39 is 0 Å². The van der Waals surface area contributed by atoms with Gasteiger partial charge in [0.1, 0.15) is 5.75 Å². The van der Waals surface area contributed by atoms with Gasteiger partial charge in [0.25, 0.3) is 0 Å². The average molecular weight is 303 g/mol. The van der Waals surface area contributed by atoms with Gasteiger partial charge in [-0.2, -0.15) is 0 Å². The van der Waals surface area contributed by atoms with E-state index in [-0.39, 0.29) is 12.1 Å². The van der Waals surface area contributed by atoms with Gasteiger partial charge < -0.3 is 10.1 Å². The highest BCUT2D eigenvalue weighted by Gasteiger charge is 2.17. The highest BCUT2D eigenvalue weighted by Crippen LogP contribution is 2.31. The van der Waals surface area contributed by atoms with Crippen molar-refractivity contribution in [2.45, 2.75) is 46.3 Å². The monoisotopic (exact) mass is 303 g/mol. The lowest BCUT2D eigenvalue weighted by Gasteiger charge is -2.19. The molecule has 0 aliphatic heterocycles. The summed E-state index contributed by atoms with van der Waals surface area (Å²) >= 11 is 1.84. The van der Waals surface area contributed by atoms with E-state index in [4.69, 9.17) is 4.74 Å². The van der Waals surface area contributed by atoms with Crippen molar-refractivity contribution in [2.24, 2.45) is 0 Å². The summed E-state index contributed by atoms with van der Waals surface area (Å²) in [5.74, 6) is 0.936. The van der Waals surface area contributed by atoms with Crippen molar-refractivity contribution >= 4 is 11.3 Å². The number of hydrogen-bond donors (Lipinski definition) is 1. The Labute approximate surface area is 132 Å². The van der Waals surface area contributed by atoms with E-state index in [2.05, 4.69) is 68.7 Å². The minimum atomic E-state index is 0.212. The molecular weight excluding hydrogens is 278 g/mol. The topological polar surface area (TPSA) is 21.3 Å². The number of hydrogen-bond acceptors (Lipinski definition) is 3. The molecular formula is C18H25NOS. The summed E-state index contributed by atoms with van der Waals surface area (Å²) in [4.78, 5) is 1.43. The van der Waals surface area contributed by atoms with Crippen LogP contribution < -0.4 is 10.1 Å². The van der Waals surface area contributed by atoms with Crippen LogP contribution in [-0.2, 0) is 6.42 Å². The van der Waals surface area contributed by atoms with Gasteiger partial charge >= 0.3 is 0 Å². The van der Waals surface area contributed by atoms with E-state index in [1.165, 1.54) is 16.0 Å². The third-order valence-electron chi connectivity index (χ3n) is 3.42. The molecule has 1 heterocycles. The standard InChI is InChI=1S/C18H25NOS/c1-5-14-11-12-21-18(14)17(19-6-2)15-7-9-16(10-8-15)20-13(3)4/h7-13,17,19H,5-6H2,1-4H3. The van der Waals surface area contributed by atoms with Gasteiger partial charge in [-0.3, -0.25) is 0 Å². The summed E-state index contributed by atoms with van der Waals surface area (Å²) in [5.41, 5.74) is 2.73. The van der Waals surface area contributed by atoms with Crippen LogP contribution in [0.5, 0.6) is 5.75 Å². The fraction of sp³-hybridized carbons (Fsp3) is 0.444. The maximum absolute atomic E-state index is 5.73. The highest BCUT2D eigenvalue weighted by atomic mass is 32.1.